The molecule has 1 aromatic carbocycles. The third-order valence-corrected chi connectivity index (χ3v) is 4.79. The SMILES string of the molecule is C[C@@H](O)c1cc(F)ccc1N1CCN(S(C)(=O)=O)CC1. The molecule has 20 heavy (non-hydrogen) atoms. The van der Waals surface area contributed by atoms with Crippen molar-refractivity contribution in [2.45, 2.75) is 13.0 Å². The van der Waals surface area contributed by atoms with Gasteiger partial charge in [-0.25, -0.2) is 12.8 Å². The molecule has 1 aliphatic rings. The molecule has 1 N–H and O–H groups in total. The minimum absolute atomic E-state index is 0.389. The highest BCUT2D eigenvalue weighted by Gasteiger charge is 2.25. The van der Waals surface area contributed by atoms with E-state index in [4.69, 9.17) is 0 Å². The molecule has 0 unspecified atom stereocenters. The molecule has 0 aromatic heterocycles. The summed E-state index contributed by atoms with van der Waals surface area (Å²) in [6.07, 6.45) is 0.426. The van der Waals surface area contributed by atoms with E-state index in [2.05, 4.69) is 0 Å². The number of aliphatic hydroxyl groups is 1. The topological polar surface area (TPSA) is 60.9 Å². The van der Waals surface area contributed by atoms with E-state index in [1.54, 1.807) is 13.0 Å². The molecule has 1 heterocycles. The molecule has 0 bridgehead atoms. The minimum Gasteiger partial charge on any atom is -0.389 e. The summed E-state index contributed by atoms with van der Waals surface area (Å²) in [6.45, 7) is 3.44. The van der Waals surface area contributed by atoms with Crippen LogP contribution in [0.3, 0.4) is 0 Å². The fourth-order valence-corrected chi connectivity index (χ4v) is 3.24. The Labute approximate surface area is 118 Å². The first-order chi connectivity index (χ1) is 9.29. The Morgan fingerprint density at radius 3 is 2.35 bits per heavy atom. The standard InChI is InChI=1S/C13H19FN2O3S/c1-10(17)12-9-11(14)3-4-13(12)15-5-7-16(8-6-15)20(2,18)19/h3-4,9-10,17H,5-8H2,1-2H3/t10-/m1/s1. The zero-order chi connectivity index (χ0) is 14.9. The van der Waals surface area contributed by atoms with Gasteiger partial charge < -0.3 is 10.0 Å². The molecule has 2 rings (SSSR count). The Morgan fingerprint density at radius 2 is 1.85 bits per heavy atom. The first-order valence-corrected chi connectivity index (χ1v) is 8.31. The van der Waals surface area contributed by atoms with Crippen molar-refractivity contribution in [1.29, 1.82) is 0 Å². The van der Waals surface area contributed by atoms with Gasteiger partial charge in [-0.1, -0.05) is 0 Å². The van der Waals surface area contributed by atoms with E-state index in [1.807, 2.05) is 4.90 Å². The third-order valence-electron chi connectivity index (χ3n) is 3.49. The first-order valence-electron chi connectivity index (χ1n) is 6.46. The van der Waals surface area contributed by atoms with E-state index in [9.17, 15) is 17.9 Å². The molecule has 1 fully saturated rings. The molecule has 7 heteroatoms. The van der Waals surface area contributed by atoms with Crippen LogP contribution in [0.5, 0.6) is 0 Å². The number of benzene rings is 1. The van der Waals surface area contributed by atoms with Gasteiger partial charge in [0, 0.05) is 37.4 Å². The molecule has 0 spiro atoms. The molecular formula is C13H19FN2O3S. The predicted molar refractivity (Wildman–Crippen MR) is 75.7 cm³/mol. The van der Waals surface area contributed by atoms with Crippen molar-refractivity contribution in [2.24, 2.45) is 0 Å². The summed E-state index contributed by atoms with van der Waals surface area (Å²) in [7, 11) is -3.17. The third kappa shape index (κ3) is 3.28. The average Bonchev–Trinajstić information content (AvgIpc) is 2.37. The lowest BCUT2D eigenvalue weighted by Crippen LogP contribution is -2.48. The van der Waals surface area contributed by atoms with Gasteiger partial charge in [-0.2, -0.15) is 4.31 Å². The van der Waals surface area contributed by atoms with Gasteiger partial charge >= 0.3 is 0 Å². The number of rotatable bonds is 3. The molecule has 5 nitrogen and oxygen atoms in total. The fraction of sp³-hybridized carbons (Fsp3) is 0.538. The summed E-state index contributed by atoms with van der Waals surface area (Å²) in [5, 5.41) is 9.74. The molecule has 1 aliphatic heterocycles. The van der Waals surface area contributed by atoms with Crippen LogP contribution in [-0.4, -0.2) is 50.3 Å². The fourth-order valence-electron chi connectivity index (χ4n) is 2.41. The summed E-state index contributed by atoms with van der Waals surface area (Å²) in [4.78, 5) is 1.98. The highest BCUT2D eigenvalue weighted by molar-refractivity contribution is 7.88. The van der Waals surface area contributed by atoms with E-state index in [0.717, 1.165) is 5.69 Å². The van der Waals surface area contributed by atoms with Crippen LogP contribution in [0.25, 0.3) is 0 Å². The second kappa shape index (κ2) is 5.67. The van der Waals surface area contributed by atoms with E-state index in [1.165, 1.54) is 22.7 Å². The van der Waals surface area contributed by atoms with Crippen LogP contribution in [0, 0.1) is 5.82 Å². The normalized spacial score (nSPS) is 19.1. The number of piperazine rings is 1. The maximum Gasteiger partial charge on any atom is 0.211 e. The van der Waals surface area contributed by atoms with Gasteiger partial charge in [0.25, 0.3) is 0 Å². The van der Waals surface area contributed by atoms with Crippen molar-refractivity contribution >= 4 is 15.7 Å². The lowest BCUT2D eigenvalue weighted by molar-refractivity contribution is 0.199. The number of anilines is 1. The lowest BCUT2D eigenvalue weighted by atomic mass is 10.1. The quantitative estimate of drug-likeness (QED) is 0.903. The summed E-state index contributed by atoms with van der Waals surface area (Å²) >= 11 is 0. The van der Waals surface area contributed by atoms with Crippen LogP contribution < -0.4 is 4.90 Å². The maximum absolute atomic E-state index is 13.3. The highest BCUT2D eigenvalue weighted by atomic mass is 32.2. The van der Waals surface area contributed by atoms with Crippen LogP contribution in [0.15, 0.2) is 18.2 Å². The molecule has 1 atom stereocenters. The van der Waals surface area contributed by atoms with Gasteiger partial charge in [-0.3, -0.25) is 0 Å². The average molecular weight is 302 g/mol. The minimum atomic E-state index is -3.17. The lowest BCUT2D eigenvalue weighted by Gasteiger charge is -2.36. The van der Waals surface area contributed by atoms with Gasteiger partial charge in [0.2, 0.25) is 10.0 Å². The Bertz CT molecular complexity index is 581. The monoisotopic (exact) mass is 302 g/mol. The van der Waals surface area contributed by atoms with Crippen molar-refractivity contribution in [3.05, 3.63) is 29.6 Å². The molecule has 112 valence electrons. The molecule has 0 amide bonds. The molecule has 0 saturated carbocycles. The van der Waals surface area contributed by atoms with Gasteiger partial charge in [-0.15, -0.1) is 0 Å². The van der Waals surface area contributed by atoms with Gasteiger partial charge in [-0.05, 0) is 25.1 Å². The van der Waals surface area contributed by atoms with Crippen molar-refractivity contribution in [1.82, 2.24) is 4.31 Å². The summed E-state index contributed by atoms with van der Waals surface area (Å²) in [5.41, 5.74) is 1.28. The number of halogens is 1. The molecule has 0 aliphatic carbocycles. The van der Waals surface area contributed by atoms with Crippen molar-refractivity contribution < 1.29 is 17.9 Å². The zero-order valence-electron chi connectivity index (χ0n) is 11.6. The summed E-state index contributed by atoms with van der Waals surface area (Å²) < 4.78 is 37.6. The molecule has 0 radical (unpaired) electrons. The number of hydrogen-bond acceptors (Lipinski definition) is 4. The predicted octanol–water partition coefficient (Wildman–Crippen LogP) is 0.961. The van der Waals surface area contributed by atoms with E-state index >= 15 is 0 Å². The second-order valence-corrected chi connectivity index (χ2v) is 7.01. The maximum atomic E-state index is 13.3. The van der Waals surface area contributed by atoms with Crippen LogP contribution in [0.2, 0.25) is 0 Å². The smallest absolute Gasteiger partial charge is 0.211 e. The Kier molecular flexibility index (Phi) is 4.31. The van der Waals surface area contributed by atoms with Gasteiger partial charge in [0.1, 0.15) is 5.82 Å². The van der Waals surface area contributed by atoms with Gasteiger partial charge in [0.05, 0.1) is 12.4 Å². The second-order valence-electron chi connectivity index (χ2n) is 5.03. The zero-order valence-corrected chi connectivity index (χ0v) is 12.4. The van der Waals surface area contributed by atoms with Crippen LogP contribution in [0.1, 0.15) is 18.6 Å². The molecular weight excluding hydrogens is 283 g/mol. The number of sulfonamides is 1. The molecule has 1 saturated heterocycles. The number of nitrogens with zero attached hydrogens (tertiary/aromatic N) is 2. The highest BCUT2D eigenvalue weighted by Crippen LogP contribution is 2.28. The summed E-state index contributed by atoms with van der Waals surface area (Å²) in [5.74, 6) is -0.389. The number of hydrogen-bond donors (Lipinski definition) is 1. The Hall–Kier alpha value is -1.18. The van der Waals surface area contributed by atoms with Crippen LogP contribution in [-0.2, 0) is 10.0 Å². The Morgan fingerprint density at radius 1 is 1.25 bits per heavy atom. The van der Waals surface area contributed by atoms with E-state index < -0.39 is 16.1 Å². The first kappa shape index (κ1) is 15.2. The van der Waals surface area contributed by atoms with Crippen molar-refractivity contribution in [3.63, 3.8) is 0 Å². The van der Waals surface area contributed by atoms with Crippen molar-refractivity contribution in [2.75, 3.05) is 37.3 Å². The van der Waals surface area contributed by atoms with Crippen molar-refractivity contribution in [3.8, 4) is 0 Å². The van der Waals surface area contributed by atoms with Gasteiger partial charge in [0.15, 0.2) is 0 Å². The summed E-state index contributed by atoms with van der Waals surface area (Å²) in [6, 6.07) is 4.31. The Balaban J connectivity index is 2.19. The molecule has 1 aromatic rings. The largest absolute Gasteiger partial charge is 0.389 e. The van der Waals surface area contributed by atoms with Crippen LogP contribution in [0.4, 0.5) is 10.1 Å². The van der Waals surface area contributed by atoms with E-state index in [-0.39, 0.29) is 5.82 Å². The van der Waals surface area contributed by atoms with E-state index in [0.29, 0.717) is 31.7 Å². The number of aliphatic hydroxyl groups excluding tert-OH is 1. The van der Waals surface area contributed by atoms with Crippen LogP contribution >= 0.6 is 0 Å².